The van der Waals surface area contributed by atoms with Crippen molar-refractivity contribution in [2.75, 3.05) is 0 Å². The summed E-state index contributed by atoms with van der Waals surface area (Å²) >= 11 is 0. The number of aliphatic carboxylic acids is 1. The van der Waals surface area contributed by atoms with Gasteiger partial charge in [0.15, 0.2) is 0 Å². The lowest BCUT2D eigenvalue weighted by Gasteiger charge is -2.47. The van der Waals surface area contributed by atoms with Crippen LogP contribution >= 0.6 is 0 Å². The molecular formula is C13H22O2. The Labute approximate surface area is 92.1 Å². The standard InChI is InChI=1S/C13H22O2/c1-3-5-13(2)6-4-10-9(7-11(10)13)8-12(14)15/h9-11H,3-8H2,1-2H3,(H,14,15)/t9?,10-,11+,13-/m1/s1. The van der Waals surface area contributed by atoms with E-state index >= 15 is 0 Å². The smallest absolute Gasteiger partial charge is 0.303 e. The molecule has 0 radical (unpaired) electrons. The van der Waals surface area contributed by atoms with E-state index in [9.17, 15) is 4.79 Å². The third-order valence-electron chi connectivity index (χ3n) is 4.88. The van der Waals surface area contributed by atoms with Crippen LogP contribution in [0, 0.1) is 23.2 Å². The normalized spacial score (nSPS) is 43.5. The molecule has 1 unspecified atom stereocenters. The number of hydrogen-bond donors (Lipinski definition) is 1. The lowest BCUT2D eigenvalue weighted by molar-refractivity contribution is -0.140. The van der Waals surface area contributed by atoms with Gasteiger partial charge in [0.2, 0.25) is 0 Å². The number of hydrogen-bond acceptors (Lipinski definition) is 1. The van der Waals surface area contributed by atoms with Crippen LogP contribution in [-0.2, 0) is 4.79 Å². The second-order valence-corrected chi connectivity index (χ2v) is 5.81. The summed E-state index contributed by atoms with van der Waals surface area (Å²) < 4.78 is 0. The van der Waals surface area contributed by atoms with Crippen LogP contribution in [0.3, 0.4) is 0 Å². The van der Waals surface area contributed by atoms with Crippen molar-refractivity contribution in [3.8, 4) is 0 Å². The molecule has 2 aliphatic carbocycles. The Bertz CT molecular complexity index is 261. The molecule has 2 saturated carbocycles. The van der Waals surface area contributed by atoms with Gasteiger partial charge in [-0.2, -0.15) is 0 Å². The van der Waals surface area contributed by atoms with Crippen molar-refractivity contribution in [1.82, 2.24) is 0 Å². The maximum absolute atomic E-state index is 10.7. The molecule has 15 heavy (non-hydrogen) atoms. The molecule has 0 heterocycles. The van der Waals surface area contributed by atoms with Gasteiger partial charge in [0.05, 0.1) is 0 Å². The lowest BCUT2D eigenvalue weighted by atomic mass is 9.58. The summed E-state index contributed by atoms with van der Waals surface area (Å²) in [4.78, 5) is 10.7. The van der Waals surface area contributed by atoms with Crippen LogP contribution in [0.15, 0.2) is 0 Å². The fourth-order valence-corrected chi connectivity index (χ4v) is 4.07. The van der Waals surface area contributed by atoms with Gasteiger partial charge in [-0.3, -0.25) is 4.79 Å². The van der Waals surface area contributed by atoms with E-state index in [-0.39, 0.29) is 0 Å². The summed E-state index contributed by atoms with van der Waals surface area (Å²) in [5.74, 6) is 1.45. The summed E-state index contributed by atoms with van der Waals surface area (Å²) in [7, 11) is 0. The monoisotopic (exact) mass is 210 g/mol. The maximum Gasteiger partial charge on any atom is 0.303 e. The molecule has 0 saturated heterocycles. The maximum atomic E-state index is 10.7. The Morgan fingerprint density at radius 3 is 2.87 bits per heavy atom. The predicted molar refractivity (Wildman–Crippen MR) is 59.6 cm³/mol. The van der Waals surface area contributed by atoms with Gasteiger partial charge < -0.3 is 5.11 Å². The van der Waals surface area contributed by atoms with E-state index in [2.05, 4.69) is 13.8 Å². The van der Waals surface area contributed by atoms with Gasteiger partial charge in [-0.05, 0) is 48.9 Å². The van der Waals surface area contributed by atoms with Crippen LogP contribution in [-0.4, -0.2) is 11.1 Å². The second kappa shape index (κ2) is 3.80. The highest BCUT2D eigenvalue weighted by Gasteiger charge is 2.54. The van der Waals surface area contributed by atoms with E-state index in [1.54, 1.807) is 0 Å². The summed E-state index contributed by atoms with van der Waals surface area (Å²) in [5, 5.41) is 8.80. The first-order valence-corrected chi connectivity index (χ1v) is 6.28. The van der Waals surface area contributed by atoms with E-state index in [0.29, 0.717) is 17.8 Å². The molecule has 0 aromatic rings. The second-order valence-electron chi connectivity index (χ2n) is 5.81. The number of carboxylic acids is 1. The molecule has 2 fully saturated rings. The van der Waals surface area contributed by atoms with Gasteiger partial charge in [-0.1, -0.05) is 20.3 Å². The summed E-state index contributed by atoms with van der Waals surface area (Å²) in [6, 6.07) is 0. The van der Waals surface area contributed by atoms with E-state index in [1.807, 2.05) is 0 Å². The quantitative estimate of drug-likeness (QED) is 0.773. The molecule has 0 aliphatic heterocycles. The molecular weight excluding hydrogens is 188 g/mol. The largest absolute Gasteiger partial charge is 0.481 e. The predicted octanol–water partition coefficient (Wildman–Crippen LogP) is 3.31. The fourth-order valence-electron chi connectivity index (χ4n) is 4.07. The number of rotatable bonds is 4. The molecule has 2 rings (SSSR count). The van der Waals surface area contributed by atoms with E-state index in [4.69, 9.17) is 5.11 Å². The highest BCUT2D eigenvalue weighted by atomic mass is 16.4. The van der Waals surface area contributed by atoms with Crippen LogP contribution in [0.5, 0.6) is 0 Å². The molecule has 1 N–H and O–H groups in total. The number of carbonyl (C=O) groups is 1. The minimum Gasteiger partial charge on any atom is -0.481 e. The zero-order valence-electron chi connectivity index (χ0n) is 9.83. The minimum absolute atomic E-state index is 0.406. The Morgan fingerprint density at radius 2 is 2.27 bits per heavy atom. The van der Waals surface area contributed by atoms with Gasteiger partial charge in [0, 0.05) is 6.42 Å². The highest BCUT2D eigenvalue weighted by molar-refractivity contribution is 5.67. The van der Waals surface area contributed by atoms with E-state index in [1.165, 1.54) is 32.1 Å². The Balaban J connectivity index is 1.93. The minimum atomic E-state index is -0.609. The van der Waals surface area contributed by atoms with Crippen LogP contribution in [0.4, 0.5) is 0 Å². The molecule has 0 aromatic carbocycles. The molecule has 86 valence electrons. The van der Waals surface area contributed by atoms with Crippen molar-refractivity contribution in [2.24, 2.45) is 23.2 Å². The van der Waals surface area contributed by atoms with Crippen molar-refractivity contribution in [3.63, 3.8) is 0 Å². The average Bonchev–Trinajstić information content (AvgIpc) is 2.35. The highest BCUT2D eigenvalue weighted by Crippen LogP contribution is 2.62. The Morgan fingerprint density at radius 1 is 1.53 bits per heavy atom. The third kappa shape index (κ3) is 1.79. The topological polar surface area (TPSA) is 37.3 Å². The van der Waals surface area contributed by atoms with Crippen LogP contribution in [0.25, 0.3) is 0 Å². The lowest BCUT2D eigenvalue weighted by Crippen LogP contribution is -2.40. The molecule has 2 nitrogen and oxygen atoms in total. The first-order valence-electron chi connectivity index (χ1n) is 6.28. The van der Waals surface area contributed by atoms with Crippen molar-refractivity contribution >= 4 is 5.97 Å². The Hall–Kier alpha value is -0.530. The third-order valence-corrected chi connectivity index (χ3v) is 4.88. The van der Waals surface area contributed by atoms with Crippen molar-refractivity contribution in [1.29, 1.82) is 0 Å². The van der Waals surface area contributed by atoms with Crippen molar-refractivity contribution in [2.45, 2.75) is 52.4 Å². The zero-order valence-corrected chi connectivity index (χ0v) is 9.83. The Kier molecular flexibility index (Phi) is 2.78. The van der Waals surface area contributed by atoms with E-state index in [0.717, 1.165) is 11.8 Å². The van der Waals surface area contributed by atoms with Crippen LogP contribution < -0.4 is 0 Å². The van der Waals surface area contributed by atoms with Gasteiger partial charge in [-0.25, -0.2) is 0 Å². The summed E-state index contributed by atoms with van der Waals surface area (Å²) in [6.07, 6.45) is 6.78. The number of fused-ring (bicyclic) bond motifs is 1. The molecule has 0 aromatic heterocycles. The van der Waals surface area contributed by atoms with Crippen LogP contribution in [0.2, 0.25) is 0 Å². The molecule has 2 heteroatoms. The van der Waals surface area contributed by atoms with E-state index < -0.39 is 5.97 Å². The molecule has 0 amide bonds. The molecule has 0 spiro atoms. The van der Waals surface area contributed by atoms with Gasteiger partial charge in [-0.15, -0.1) is 0 Å². The summed E-state index contributed by atoms with van der Waals surface area (Å²) in [6.45, 7) is 4.67. The fraction of sp³-hybridized carbons (Fsp3) is 0.923. The van der Waals surface area contributed by atoms with Crippen molar-refractivity contribution < 1.29 is 9.90 Å². The molecule has 0 bridgehead atoms. The summed E-state index contributed by atoms with van der Waals surface area (Å²) in [5.41, 5.74) is 0.536. The first kappa shape index (κ1) is 11.0. The van der Waals surface area contributed by atoms with Crippen molar-refractivity contribution in [3.05, 3.63) is 0 Å². The average molecular weight is 210 g/mol. The van der Waals surface area contributed by atoms with Gasteiger partial charge in [0.1, 0.15) is 0 Å². The number of carboxylic acid groups (broad SMARTS) is 1. The van der Waals surface area contributed by atoms with Gasteiger partial charge in [0.25, 0.3) is 0 Å². The SMILES string of the molecule is CCC[C@]1(C)CC[C@@H]2C(CC(=O)O)C[C@@H]21. The molecule has 4 atom stereocenters. The van der Waals surface area contributed by atoms with Crippen LogP contribution in [0.1, 0.15) is 52.4 Å². The zero-order chi connectivity index (χ0) is 11.1. The van der Waals surface area contributed by atoms with Gasteiger partial charge >= 0.3 is 5.97 Å². The first-order chi connectivity index (χ1) is 7.07. The molecule has 2 aliphatic rings.